The number of hydrogen-bond donors (Lipinski definition) is 0. The first kappa shape index (κ1) is 12.1. The Morgan fingerprint density at radius 1 is 1.11 bits per heavy atom. The Labute approximate surface area is 113 Å². The van der Waals surface area contributed by atoms with E-state index in [4.69, 9.17) is 0 Å². The molecule has 0 amide bonds. The Kier molecular flexibility index (Phi) is 3.16. The van der Waals surface area contributed by atoms with Crippen molar-refractivity contribution in [3.63, 3.8) is 0 Å². The first-order valence-corrected chi connectivity index (χ1v) is 6.82. The Morgan fingerprint density at radius 2 is 1.84 bits per heavy atom. The SMILES string of the molecule is Cc1ncccc1C(=O)c1ccccc1C1CCC1. The number of rotatable bonds is 3. The van der Waals surface area contributed by atoms with Crippen molar-refractivity contribution in [3.8, 4) is 0 Å². The fraction of sp³-hybridized carbons (Fsp3) is 0.294. The van der Waals surface area contributed by atoms with E-state index in [1.165, 1.54) is 24.8 Å². The lowest BCUT2D eigenvalue weighted by atomic mass is 9.77. The maximum atomic E-state index is 12.7. The molecule has 0 N–H and O–H groups in total. The lowest BCUT2D eigenvalue weighted by molar-refractivity contribution is 0.103. The molecule has 0 radical (unpaired) electrons. The van der Waals surface area contributed by atoms with Gasteiger partial charge in [-0.3, -0.25) is 9.78 Å². The molecule has 1 heterocycles. The summed E-state index contributed by atoms with van der Waals surface area (Å²) in [5.74, 6) is 0.672. The smallest absolute Gasteiger partial charge is 0.195 e. The summed E-state index contributed by atoms with van der Waals surface area (Å²) in [6.07, 6.45) is 5.41. The van der Waals surface area contributed by atoms with Gasteiger partial charge in [0, 0.05) is 23.0 Å². The molecule has 3 rings (SSSR count). The summed E-state index contributed by atoms with van der Waals surface area (Å²) in [5, 5.41) is 0. The fourth-order valence-electron chi connectivity index (χ4n) is 2.65. The highest BCUT2D eigenvalue weighted by molar-refractivity contribution is 6.10. The van der Waals surface area contributed by atoms with Crippen molar-refractivity contribution in [2.75, 3.05) is 0 Å². The quantitative estimate of drug-likeness (QED) is 0.775. The molecule has 96 valence electrons. The average molecular weight is 251 g/mol. The highest BCUT2D eigenvalue weighted by Crippen LogP contribution is 2.38. The molecule has 2 heteroatoms. The van der Waals surface area contributed by atoms with Gasteiger partial charge < -0.3 is 0 Å². The van der Waals surface area contributed by atoms with Crippen molar-refractivity contribution in [1.82, 2.24) is 4.98 Å². The molecule has 1 aliphatic carbocycles. The zero-order valence-electron chi connectivity index (χ0n) is 11.1. The lowest BCUT2D eigenvalue weighted by Gasteiger charge is -2.27. The second-order valence-electron chi connectivity index (χ2n) is 5.18. The summed E-state index contributed by atoms with van der Waals surface area (Å²) in [5.41, 5.74) is 3.58. The Morgan fingerprint density at radius 3 is 2.53 bits per heavy atom. The van der Waals surface area contributed by atoms with Crippen LogP contribution in [0.25, 0.3) is 0 Å². The molecule has 0 aliphatic heterocycles. The second-order valence-corrected chi connectivity index (χ2v) is 5.18. The van der Waals surface area contributed by atoms with E-state index in [2.05, 4.69) is 11.1 Å². The summed E-state index contributed by atoms with van der Waals surface area (Å²) >= 11 is 0. The van der Waals surface area contributed by atoms with Crippen molar-refractivity contribution in [3.05, 3.63) is 65.0 Å². The topological polar surface area (TPSA) is 30.0 Å². The molecule has 1 aliphatic rings. The number of ketones is 1. The normalized spacial score (nSPS) is 15.0. The van der Waals surface area contributed by atoms with Crippen molar-refractivity contribution in [1.29, 1.82) is 0 Å². The third kappa shape index (κ3) is 2.19. The summed E-state index contributed by atoms with van der Waals surface area (Å²) in [4.78, 5) is 16.9. The minimum absolute atomic E-state index is 0.105. The molecule has 0 bridgehead atoms. The third-order valence-electron chi connectivity index (χ3n) is 4.00. The summed E-state index contributed by atoms with van der Waals surface area (Å²) < 4.78 is 0. The van der Waals surface area contributed by atoms with Gasteiger partial charge in [-0.1, -0.05) is 30.7 Å². The molecule has 1 saturated carbocycles. The van der Waals surface area contributed by atoms with Crippen LogP contribution in [0.15, 0.2) is 42.6 Å². The van der Waals surface area contributed by atoms with Gasteiger partial charge in [-0.2, -0.15) is 0 Å². The van der Waals surface area contributed by atoms with Crippen LogP contribution in [0.5, 0.6) is 0 Å². The molecule has 1 fully saturated rings. The Balaban J connectivity index is 2.02. The van der Waals surface area contributed by atoms with Crippen LogP contribution < -0.4 is 0 Å². The van der Waals surface area contributed by atoms with E-state index < -0.39 is 0 Å². The largest absolute Gasteiger partial charge is 0.289 e. The minimum Gasteiger partial charge on any atom is -0.289 e. The molecule has 0 spiro atoms. The number of pyridine rings is 1. The Hall–Kier alpha value is -1.96. The van der Waals surface area contributed by atoms with E-state index in [9.17, 15) is 4.79 Å². The molecule has 2 aromatic rings. The monoisotopic (exact) mass is 251 g/mol. The standard InChI is InChI=1S/C17H17NO/c1-12-14(10-5-11-18-12)17(19)16-9-3-2-8-15(16)13-6-4-7-13/h2-3,5,8-11,13H,4,6-7H2,1H3. The third-order valence-corrected chi connectivity index (χ3v) is 4.00. The summed E-state index contributed by atoms with van der Waals surface area (Å²) in [6.45, 7) is 1.89. The molecular formula is C17H17NO. The first-order chi connectivity index (χ1) is 9.27. The van der Waals surface area contributed by atoms with Crippen molar-refractivity contribution in [2.24, 2.45) is 0 Å². The molecule has 0 unspecified atom stereocenters. The van der Waals surface area contributed by atoms with Gasteiger partial charge in [0.1, 0.15) is 0 Å². The van der Waals surface area contributed by atoms with Crippen LogP contribution in [0.4, 0.5) is 0 Å². The number of benzene rings is 1. The van der Waals surface area contributed by atoms with Crippen LogP contribution in [-0.2, 0) is 0 Å². The highest BCUT2D eigenvalue weighted by Gasteiger charge is 2.25. The summed E-state index contributed by atoms with van der Waals surface area (Å²) in [6, 6.07) is 11.7. The van der Waals surface area contributed by atoms with Crippen LogP contribution >= 0.6 is 0 Å². The van der Waals surface area contributed by atoms with E-state index in [1.807, 2.05) is 37.3 Å². The van der Waals surface area contributed by atoms with Crippen LogP contribution in [0, 0.1) is 6.92 Å². The molecule has 1 aromatic carbocycles. The van der Waals surface area contributed by atoms with E-state index >= 15 is 0 Å². The zero-order valence-corrected chi connectivity index (χ0v) is 11.1. The van der Waals surface area contributed by atoms with Crippen LogP contribution in [-0.4, -0.2) is 10.8 Å². The molecule has 19 heavy (non-hydrogen) atoms. The van der Waals surface area contributed by atoms with E-state index in [0.29, 0.717) is 11.5 Å². The second kappa shape index (κ2) is 4.96. The maximum absolute atomic E-state index is 12.7. The maximum Gasteiger partial charge on any atom is 0.195 e. The van der Waals surface area contributed by atoms with Crippen LogP contribution in [0.3, 0.4) is 0 Å². The predicted octanol–water partition coefficient (Wildman–Crippen LogP) is 3.89. The Bertz CT molecular complexity index is 614. The van der Waals surface area contributed by atoms with Gasteiger partial charge in [0.25, 0.3) is 0 Å². The van der Waals surface area contributed by atoms with E-state index in [1.54, 1.807) is 6.20 Å². The minimum atomic E-state index is 0.105. The van der Waals surface area contributed by atoms with Gasteiger partial charge in [-0.25, -0.2) is 0 Å². The number of aromatic nitrogens is 1. The average Bonchev–Trinajstić information content (AvgIpc) is 2.37. The first-order valence-electron chi connectivity index (χ1n) is 6.82. The number of aryl methyl sites for hydroxylation is 1. The van der Waals surface area contributed by atoms with Crippen molar-refractivity contribution >= 4 is 5.78 Å². The van der Waals surface area contributed by atoms with Gasteiger partial charge in [0.15, 0.2) is 5.78 Å². The molecule has 2 nitrogen and oxygen atoms in total. The van der Waals surface area contributed by atoms with Crippen molar-refractivity contribution in [2.45, 2.75) is 32.1 Å². The van der Waals surface area contributed by atoms with Gasteiger partial charge in [0.2, 0.25) is 0 Å². The number of hydrogen-bond acceptors (Lipinski definition) is 2. The molecular weight excluding hydrogens is 234 g/mol. The molecule has 0 saturated heterocycles. The van der Waals surface area contributed by atoms with Gasteiger partial charge in [-0.15, -0.1) is 0 Å². The van der Waals surface area contributed by atoms with Gasteiger partial charge >= 0.3 is 0 Å². The fourth-order valence-corrected chi connectivity index (χ4v) is 2.65. The van der Waals surface area contributed by atoms with Gasteiger partial charge in [0.05, 0.1) is 0 Å². The van der Waals surface area contributed by atoms with Crippen molar-refractivity contribution < 1.29 is 4.79 Å². The number of nitrogens with zero attached hydrogens (tertiary/aromatic N) is 1. The number of carbonyl (C=O) groups excluding carboxylic acids is 1. The highest BCUT2D eigenvalue weighted by atomic mass is 16.1. The van der Waals surface area contributed by atoms with Gasteiger partial charge in [-0.05, 0) is 43.4 Å². The predicted molar refractivity (Wildman–Crippen MR) is 75.4 cm³/mol. The lowest BCUT2D eigenvalue weighted by Crippen LogP contribution is -2.15. The molecule has 0 atom stereocenters. The van der Waals surface area contributed by atoms with E-state index in [0.717, 1.165) is 11.3 Å². The van der Waals surface area contributed by atoms with E-state index in [-0.39, 0.29) is 5.78 Å². The number of carbonyl (C=O) groups is 1. The molecule has 1 aromatic heterocycles. The zero-order chi connectivity index (χ0) is 13.2. The summed E-state index contributed by atoms with van der Waals surface area (Å²) in [7, 11) is 0. The van der Waals surface area contributed by atoms with Crippen LogP contribution in [0.2, 0.25) is 0 Å². The van der Waals surface area contributed by atoms with Crippen LogP contribution in [0.1, 0.15) is 52.4 Å².